The number of terminal acetylenes is 1. The zero-order chi connectivity index (χ0) is 8.81. The van der Waals surface area contributed by atoms with Gasteiger partial charge < -0.3 is 4.84 Å². The molecule has 1 aliphatic rings. The van der Waals surface area contributed by atoms with Crippen LogP contribution < -0.4 is 0 Å². The summed E-state index contributed by atoms with van der Waals surface area (Å²) in [6.07, 6.45) is 8.46. The number of carbonyl (C=O) groups excluding carboxylic acids is 1. The van der Waals surface area contributed by atoms with E-state index >= 15 is 0 Å². The van der Waals surface area contributed by atoms with Crippen LogP contribution in [0.25, 0.3) is 0 Å². The van der Waals surface area contributed by atoms with Crippen LogP contribution in [0.5, 0.6) is 0 Å². The van der Waals surface area contributed by atoms with Gasteiger partial charge in [0.25, 0.3) is 0 Å². The van der Waals surface area contributed by atoms with Crippen LogP contribution in [0.15, 0.2) is 0 Å². The van der Waals surface area contributed by atoms with Gasteiger partial charge in [-0.2, -0.15) is 0 Å². The number of rotatable bonds is 2. The largest absolute Gasteiger partial charge is 0.367 e. The highest BCUT2D eigenvalue weighted by Gasteiger charge is 2.13. The third kappa shape index (κ3) is 2.93. The Morgan fingerprint density at radius 2 is 2.08 bits per heavy atom. The van der Waals surface area contributed by atoms with E-state index in [9.17, 15) is 4.79 Å². The van der Waals surface area contributed by atoms with Gasteiger partial charge in [0.15, 0.2) is 0 Å². The van der Waals surface area contributed by atoms with Crippen molar-refractivity contribution in [3.63, 3.8) is 0 Å². The second-order valence-corrected chi connectivity index (χ2v) is 2.83. The highest BCUT2D eigenvalue weighted by atomic mass is 16.7. The average Bonchev–Trinajstić information content (AvgIpc) is 2.06. The molecular formula is C9H13NO2. The number of nitrogens with zero attached hydrogens (tertiary/aromatic N) is 1. The Hall–Kier alpha value is -1.01. The normalized spacial score (nSPS) is 18.2. The molecule has 0 radical (unpaired) electrons. The number of carbonyl (C=O) groups is 1. The van der Waals surface area contributed by atoms with E-state index in [1.54, 1.807) is 5.06 Å². The first-order valence-corrected chi connectivity index (χ1v) is 4.22. The van der Waals surface area contributed by atoms with Crippen LogP contribution >= 0.6 is 0 Å². The number of hydrogen-bond acceptors (Lipinski definition) is 3. The summed E-state index contributed by atoms with van der Waals surface area (Å²) in [5, 5.41) is 1.70. The first-order chi connectivity index (χ1) is 5.83. The molecule has 1 saturated heterocycles. The van der Waals surface area contributed by atoms with Crippen molar-refractivity contribution in [3.8, 4) is 12.3 Å². The number of piperidine rings is 1. The number of hydroxylamine groups is 2. The van der Waals surface area contributed by atoms with E-state index in [1.807, 2.05) is 0 Å². The Kier molecular flexibility index (Phi) is 3.62. The van der Waals surface area contributed by atoms with Gasteiger partial charge in [-0.1, -0.05) is 12.3 Å². The van der Waals surface area contributed by atoms with E-state index in [-0.39, 0.29) is 12.4 Å². The van der Waals surface area contributed by atoms with Crippen LogP contribution in [0.3, 0.4) is 0 Å². The molecule has 0 aromatic heterocycles. The van der Waals surface area contributed by atoms with E-state index < -0.39 is 0 Å². The molecule has 0 unspecified atom stereocenters. The highest BCUT2D eigenvalue weighted by molar-refractivity contribution is 5.71. The minimum absolute atomic E-state index is 0.0660. The molecule has 0 aromatic carbocycles. The molecule has 0 N–H and O–H groups in total. The molecule has 1 fully saturated rings. The maximum absolute atomic E-state index is 10.9. The first-order valence-electron chi connectivity index (χ1n) is 4.22. The fraction of sp³-hybridized carbons (Fsp3) is 0.667. The lowest BCUT2D eigenvalue weighted by Crippen LogP contribution is -2.32. The van der Waals surface area contributed by atoms with Crippen LogP contribution in [0.1, 0.15) is 25.7 Å². The lowest BCUT2D eigenvalue weighted by Gasteiger charge is -2.24. The van der Waals surface area contributed by atoms with Crippen LogP contribution in [0.4, 0.5) is 0 Å². The van der Waals surface area contributed by atoms with E-state index in [0.29, 0.717) is 0 Å². The first kappa shape index (κ1) is 9.08. The van der Waals surface area contributed by atoms with Crippen molar-refractivity contribution in [1.82, 2.24) is 5.06 Å². The van der Waals surface area contributed by atoms with E-state index in [0.717, 1.165) is 25.9 Å². The molecule has 0 spiro atoms. The van der Waals surface area contributed by atoms with Gasteiger partial charge in [-0.15, -0.1) is 11.5 Å². The van der Waals surface area contributed by atoms with Gasteiger partial charge in [-0.3, -0.25) is 0 Å². The van der Waals surface area contributed by atoms with Crippen LogP contribution in [-0.4, -0.2) is 24.1 Å². The Morgan fingerprint density at radius 1 is 1.42 bits per heavy atom. The fourth-order valence-electron chi connectivity index (χ4n) is 1.22. The monoisotopic (exact) mass is 167 g/mol. The maximum atomic E-state index is 10.9. The summed E-state index contributed by atoms with van der Waals surface area (Å²) in [6, 6.07) is 0. The number of hydrogen-bond donors (Lipinski definition) is 0. The van der Waals surface area contributed by atoms with Crippen molar-refractivity contribution < 1.29 is 9.63 Å². The van der Waals surface area contributed by atoms with Crippen LogP contribution in [-0.2, 0) is 9.63 Å². The van der Waals surface area contributed by atoms with Gasteiger partial charge in [-0.05, 0) is 12.8 Å². The standard InChI is InChI=1S/C9H13NO2/c1-2-6-9(11)12-10-7-4-3-5-8-10/h1H,3-8H2. The molecule has 0 bridgehead atoms. The predicted molar refractivity (Wildman–Crippen MR) is 45.0 cm³/mol. The molecule has 1 heterocycles. The molecule has 0 aliphatic carbocycles. The van der Waals surface area contributed by atoms with E-state index in [2.05, 4.69) is 5.92 Å². The van der Waals surface area contributed by atoms with E-state index in [4.69, 9.17) is 11.3 Å². The third-order valence-electron chi connectivity index (χ3n) is 1.79. The van der Waals surface area contributed by atoms with Crippen molar-refractivity contribution in [3.05, 3.63) is 0 Å². The Morgan fingerprint density at radius 3 is 2.67 bits per heavy atom. The third-order valence-corrected chi connectivity index (χ3v) is 1.79. The smallest absolute Gasteiger partial charge is 0.336 e. The molecule has 3 heteroatoms. The van der Waals surface area contributed by atoms with Gasteiger partial charge in [0.2, 0.25) is 0 Å². The highest BCUT2D eigenvalue weighted by Crippen LogP contribution is 2.08. The summed E-state index contributed by atoms with van der Waals surface area (Å²) in [6.45, 7) is 1.69. The summed E-state index contributed by atoms with van der Waals surface area (Å²) in [5.41, 5.74) is 0. The van der Waals surface area contributed by atoms with Crippen molar-refractivity contribution in [2.75, 3.05) is 13.1 Å². The van der Waals surface area contributed by atoms with Gasteiger partial charge in [0.05, 0.1) is 0 Å². The minimum Gasteiger partial charge on any atom is -0.367 e. The molecule has 0 saturated carbocycles. The van der Waals surface area contributed by atoms with Crippen molar-refractivity contribution in [2.45, 2.75) is 25.7 Å². The summed E-state index contributed by atoms with van der Waals surface area (Å²) in [4.78, 5) is 15.9. The second-order valence-electron chi connectivity index (χ2n) is 2.83. The molecular weight excluding hydrogens is 154 g/mol. The summed E-state index contributed by atoms with van der Waals surface area (Å²) in [7, 11) is 0. The molecule has 0 aromatic rings. The van der Waals surface area contributed by atoms with Gasteiger partial charge in [-0.25, -0.2) is 4.79 Å². The maximum Gasteiger partial charge on any atom is 0.336 e. The van der Waals surface area contributed by atoms with Gasteiger partial charge >= 0.3 is 5.97 Å². The van der Waals surface area contributed by atoms with Crippen LogP contribution in [0, 0.1) is 12.3 Å². The summed E-state index contributed by atoms with van der Waals surface area (Å²) < 4.78 is 0. The zero-order valence-electron chi connectivity index (χ0n) is 7.08. The lowest BCUT2D eigenvalue weighted by atomic mass is 10.2. The second kappa shape index (κ2) is 4.78. The summed E-state index contributed by atoms with van der Waals surface area (Å²) in [5.74, 6) is 1.94. The van der Waals surface area contributed by atoms with Crippen molar-refractivity contribution >= 4 is 5.97 Å². The van der Waals surface area contributed by atoms with E-state index in [1.165, 1.54) is 6.42 Å². The molecule has 66 valence electrons. The molecule has 0 atom stereocenters. The van der Waals surface area contributed by atoms with Crippen molar-refractivity contribution in [2.24, 2.45) is 0 Å². The molecule has 0 amide bonds. The Bertz CT molecular complexity index is 189. The molecule has 1 aliphatic heterocycles. The quantitative estimate of drug-likeness (QED) is 0.573. The van der Waals surface area contributed by atoms with Crippen molar-refractivity contribution in [1.29, 1.82) is 0 Å². The molecule has 12 heavy (non-hydrogen) atoms. The molecule has 1 rings (SSSR count). The minimum atomic E-state index is -0.320. The fourth-order valence-corrected chi connectivity index (χ4v) is 1.22. The topological polar surface area (TPSA) is 29.5 Å². The van der Waals surface area contributed by atoms with Crippen LogP contribution in [0.2, 0.25) is 0 Å². The van der Waals surface area contributed by atoms with Gasteiger partial charge in [0.1, 0.15) is 6.42 Å². The zero-order valence-corrected chi connectivity index (χ0v) is 7.08. The molecule has 3 nitrogen and oxygen atoms in total. The SMILES string of the molecule is C#CCC(=O)ON1CCCCC1. The lowest BCUT2D eigenvalue weighted by molar-refractivity contribution is -0.193. The summed E-state index contributed by atoms with van der Waals surface area (Å²) >= 11 is 0. The average molecular weight is 167 g/mol. The predicted octanol–water partition coefficient (Wildman–Crippen LogP) is 0.954. The Balaban J connectivity index is 2.21. The Labute approximate surface area is 72.6 Å². The van der Waals surface area contributed by atoms with Gasteiger partial charge in [0, 0.05) is 13.1 Å².